The molecule has 94 valence electrons. The Bertz CT molecular complexity index is 543. The first kappa shape index (κ1) is 13.4. The van der Waals surface area contributed by atoms with Gasteiger partial charge in [0, 0.05) is 0 Å². The predicted molar refractivity (Wildman–Crippen MR) is 57.3 cm³/mol. The van der Waals surface area contributed by atoms with E-state index in [0.29, 0.717) is 0 Å². The maximum atomic E-state index is 12.8. The number of oxime groups is 1. The van der Waals surface area contributed by atoms with Crippen molar-refractivity contribution in [2.45, 2.75) is 5.75 Å². The SMILES string of the molecule is NC(CS(=O)(=O)Cc1ccc(F)c(F)c1)=NO. The Morgan fingerprint density at radius 3 is 2.53 bits per heavy atom. The smallest absolute Gasteiger partial charge is 0.161 e. The molecule has 0 saturated heterocycles. The second kappa shape index (κ2) is 5.09. The lowest BCUT2D eigenvalue weighted by atomic mass is 10.2. The van der Waals surface area contributed by atoms with Crippen LogP contribution >= 0.6 is 0 Å². The molecular weight excluding hydrogens is 254 g/mol. The number of amidine groups is 1. The van der Waals surface area contributed by atoms with E-state index in [4.69, 9.17) is 10.9 Å². The van der Waals surface area contributed by atoms with Crippen LogP contribution in [0.4, 0.5) is 8.78 Å². The van der Waals surface area contributed by atoms with Gasteiger partial charge in [-0.05, 0) is 17.7 Å². The van der Waals surface area contributed by atoms with Crippen molar-refractivity contribution in [3.8, 4) is 0 Å². The molecule has 0 atom stereocenters. The van der Waals surface area contributed by atoms with Crippen LogP contribution in [-0.4, -0.2) is 25.2 Å². The van der Waals surface area contributed by atoms with Gasteiger partial charge in [-0.15, -0.1) is 0 Å². The van der Waals surface area contributed by atoms with Crippen LogP contribution in [-0.2, 0) is 15.6 Å². The molecule has 0 spiro atoms. The van der Waals surface area contributed by atoms with Gasteiger partial charge in [0.1, 0.15) is 5.75 Å². The van der Waals surface area contributed by atoms with Crippen LogP contribution in [0.15, 0.2) is 23.4 Å². The van der Waals surface area contributed by atoms with Gasteiger partial charge in [0.2, 0.25) is 0 Å². The largest absolute Gasteiger partial charge is 0.409 e. The second-order valence-electron chi connectivity index (χ2n) is 3.37. The third-order valence-corrected chi connectivity index (χ3v) is 3.38. The quantitative estimate of drug-likeness (QED) is 0.361. The van der Waals surface area contributed by atoms with Crippen molar-refractivity contribution in [1.82, 2.24) is 0 Å². The molecule has 1 rings (SSSR count). The first-order valence-electron chi connectivity index (χ1n) is 4.45. The lowest BCUT2D eigenvalue weighted by Crippen LogP contribution is -2.24. The molecule has 3 N–H and O–H groups in total. The Labute approximate surface area is 96.5 Å². The van der Waals surface area contributed by atoms with E-state index in [1.165, 1.54) is 0 Å². The van der Waals surface area contributed by atoms with Gasteiger partial charge in [-0.3, -0.25) is 0 Å². The summed E-state index contributed by atoms with van der Waals surface area (Å²) < 4.78 is 48.4. The molecular formula is C9H10F2N2O3S. The molecule has 17 heavy (non-hydrogen) atoms. The number of rotatable bonds is 4. The minimum absolute atomic E-state index is 0.0923. The summed E-state index contributed by atoms with van der Waals surface area (Å²) in [5.41, 5.74) is 5.15. The molecule has 8 heteroatoms. The standard InChI is InChI=1S/C9H10F2N2O3S/c10-7-2-1-6(3-8(7)11)4-17(15,16)5-9(12)13-14/h1-3,14H,4-5H2,(H2,12,13). The zero-order chi connectivity index (χ0) is 13.1. The summed E-state index contributed by atoms with van der Waals surface area (Å²) >= 11 is 0. The molecule has 0 amide bonds. The number of hydrogen-bond acceptors (Lipinski definition) is 4. The molecule has 0 saturated carbocycles. The van der Waals surface area contributed by atoms with Gasteiger partial charge in [-0.25, -0.2) is 17.2 Å². The highest BCUT2D eigenvalue weighted by Gasteiger charge is 2.15. The number of nitrogens with zero attached hydrogens (tertiary/aromatic N) is 1. The number of nitrogens with two attached hydrogens (primary N) is 1. The van der Waals surface area contributed by atoms with E-state index in [1.54, 1.807) is 0 Å². The van der Waals surface area contributed by atoms with E-state index >= 15 is 0 Å². The molecule has 0 aliphatic heterocycles. The van der Waals surface area contributed by atoms with Crippen LogP contribution < -0.4 is 5.73 Å². The van der Waals surface area contributed by atoms with Crippen molar-refractivity contribution in [1.29, 1.82) is 0 Å². The number of halogens is 2. The zero-order valence-electron chi connectivity index (χ0n) is 8.60. The molecule has 0 unspecified atom stereocenters. The van der Waals surface area contributed by atoms with Gasteiger partial charge >= 0.3 is 0 Å². The maximum absolute atomic E-state index is 12.8. The van der Waals surface area contributed by atoms with Crippen LogP contribution in [0.5, 0.6) is 0 Å². The Balaban J connectivity index is 2.87. The fourth-order valence-corrected chi connectivity index (χ4v) is 2.49. The summed E-state index contributed by atoms with van der Waals surface area (Å²) in [5, 5.41) is 10.8. The van der Waals surface area contributed by atoms with Crippen molar-refractivity contribution in [3.05, 3.63) is 35.4 Å². The van der Waals surface area contributed by atoms with Crippen molar-refractivity contribution in [2.24, 2.45) is 10.9 Å². The van der Waals surface area contributed by atoms with E-state index in [9.17, 15) is 17.2 Å². The normalized spacial score (nSPS) is 12.7. The van der Waals surface area contributed by atoms with Crippen LogP contribution in [0.3, 0.4) is 0 Å². The summed E-state index contributed by atoms with van der Waals surface area (Å²) in [7, 11) is -3.68. The average Bonchev–Trinajstić information content (AvgIpc) is 2.22. The Kier molecular flexibility index (Phi) is 4.00. The van der Waals surface area contributed by atoms with Crippen molar-refractivity contribution in [2.75, 3.05) is 5.75 Å². The Morgan fingerprint density at radius 1 is 1.35 bits per heavy atom. The molecule has 0 heterocycles. The lowest BCUT2D eigenvalue weighted by molar-refractivity contribution is 0.318. The molecule has 0 radical (unpaired) electrons. The van der Waals surface area contributed by atoms with Crippen LogP contribution in [0.2, 0.25) is 0 Å². The number of sulfone groups is 1. The van der Waals surface area contributed by atoms with Gasteiger partial charge in [-0.1, -0.05) is 11.2 Å². The minimum atomic E-state index is -3.68. The Morgan fingerprint density at radius 2 is 2.00 bits per heavy atom. The van der Waals surface area contributed by atoms with Crippen LogP contribution in [0.1, 0.15) is 5.56 Å². The van der Waals surface area contributed by atoms with Gasteiger partial charge in [0.15, 0.2) is 27.3 Å². The van der Waals surface area contributed by atoms with E-state index in [-0.39, 0.29) is 5.56 Å². The fourth-order valence-electron chi connectivity index (χ4n) is 1.19. The lowest BCUT2D eigenvalue weighted by Gasteiger charge is -2.04. The topological polar surface area (TPSA) is 92.8 Å². The summed E-state index contributed by atoms with van der Waals surface area (Å²) in [5.74, 6) is -3.81. The van der Waals surface area contributed by atoms with E-state index in [2.05, 4.69) is 5.16 Å². The first-order chi connectivity index (χ1) is 7.84. The van der Waals surface area contributed by atoms with Crippen LogP contribution in [0, 0.1) is 11.6 Å². The van der Waals surface area contributed by atoms with Gasteiger partial charge in [-0.2, -0.15) is 0 Å². The van der Waals surface area contributed by atoms with Gasteiger partial charge < -0.3 is 10.9 Å². The molecule has 0 aliphatic carbocycles. The molecule has 0 bridgehead atoms. The molecule has 0 aromatic heterocycles. The molecule has 5 nitrogen and oxygen atoms in total. The van der Waals surface area contributed by atoms with Crippen molar-refractivity contribution < 1.29 is 22.4 Å². The predicted octanol–water partition coefficient (Wildman–Crippen LogP) is 0.626. The monoisotopic (exact) mass is 264 g/mol. The second-order valence-corrected chi connectivity index (χ2v) is 5.44. The summed E-state index contributed by atoms with van der Waals surface area (Å²) in [6.07, 6.45) is 0. The van der Waals surface area contributed by atoms with E-state index in [0.717, 1.165) is 18.2 Å². The Hall–Kier alpha value is -1.70. The van der Waals surface area contributed by atoms with Crippen molar-refractivity contribution >= 4 is 15.7 Å². The molecule has 1 aromatic carbocycles. The van der Waals surface area contributed by atoms with E-state index < -0.39 is 38.8 Å². The van der Waals surface area contributed by atoms with Gasteiger partial charge in [0.25, 0.3) is 0 Å². The third-order valence-electron chi connectivity index (χ3n) is 1.87. The summed E-state index contributed by atoms with van der Waals surface area (Å²) in [6, 6.07) is 2.78. The zero-order valence-corrected chi connectivity index (χ0v) is 9.42. The highest BCUT2D eigenvalue weighted by Crippen LogP contribution is 2.12. The summed E-state index contributed by atoms with van der Waals surface area (Å²) in [6.45, 7) is 0. The van der Waals surface area contributed by atoms with Crippen LogP contribution in [0.25, 0.3) is 0 Å². The molecule has 0 fully saturated rings. The highest BCUT2D eigenvalue weighted by molar-refractivity contribution is 7.91. The number of benzene rings is 1. The summed E-state index contributed by atoms with van der Waals surface area (Å²) in [4.78, 5) is 0. The maximum Gasteiger partial charge on any atom is 0.161 e. The van der Waals surface area contributed by atoms with Crippen molar-refractivity contribution in [3.63, 3.8) is 0 Å². The fraction of sp³-hybridized carbons (Fsp3) is 0.222. The molecule has 1 aromatic rings. The molecule has 0 aliphatic rings. The third kappa shape index (κ3) is 3.99. The average molecular weight is 264 g/mol. The number of hydrogen-bond donors (Lipinski definition) is 2. The van der Waals surface area contributed by atoms with Gasteiger partial charge in [0.05, 0.1) is 5.75 Å². The first-order valence-corrected chi connectivity index (χ1v) is 6.27. The van der Waals surface area contributed by atoms with E-state index in [1.807, 2.05) is 0 Å². The highest BCUT2D eigenvalue weighted by atomic mass is 32.2. The minimum Gasteiger partial charge on any atom is -0.409 e.